The van der Waals surface area contributed by atoms with E-state index in [0.29, 0.717) is 17.9 Å². The quantitative estimate of drug-likeness (QED) is 0.446. The van der Waals surface area contributed by atoms with E-state index < -0.39 is 0 Å². The van der Waals surface area contributed by atoms with Gasteiger partial charge in [0, 0.05) is 36.2 Å². The molecule has 1 unspecified atom stereocenters. The number of carbonyl (C=O) groups excluding carboxylic acids is 1. The first-order valence-electron chi connectivity index (χ1n) is 10.1. The number of nitrogens with zero attached hydrogens (tertiary/aromatic N) is 5. The third-order valence-corrected chi connectivity index (χ3v) is 5.41. The fourth-order valence-corrected chi connectivity index (χ4v) is 3.78. The standard InChI is InChI=1S/C21H22N8O2/c1-12-9-25-15-5-4-13(11-29(12)15)16-17(21-24-7-8-31-21)28-19(22)18(27-16)20(30)26-10-14-3-2-6-23-14/h4-5,7-9,11,14,23H,2-3,6,10H2,1H3,(H2,22,28)(H,26,30). The molecule has 1 aliphatic heterocycles. The zero-order chi connectivity index (χ0) is 21.4. The minimum Gasteiger partial charge on any atom is -0.443 e. The molecular formula is C21H22N8O2. The van der Waals surface area contributed by atoms with E-state index in [1.165, 1.54) is 12.5 Å². The molecule has 4 N–H and O–H groups in total. The molecule has 0 spiro atoms. The Balaban J connectivity index is 1.57. The lowest BCUT2D eigenvalue weighted by Crippen LogP contribution is -2.37. The molecule has 158 valence electrons. The number of nitrogens with one attached hydrogen (secondary N) is 2. The normalized spacial score (nSPS) is 16.1. The van der Waals surface area contributed by atoms with Gasteiger partial charge in [-0.15, -0.1) is 0 Å². The van der Waals surface area contributed by atoms with Gasteiger partial charge in [0.25, 0.3) is 5.91 Å². The van der Waals surface area contributed by atoms with Crippen LogP contribution >= 0.6 is 0 Å². The molecule has 0 radical (unpaired) electrons. The van der Waals surface area contributed by atoms with Crippen molar-refractivity contribution in [3.8, 4) is 22.8 Å². The van der Waals surface area contributed by atoms with Crippen LogP contribution in [0.25, 0.3) is 28.5 Å². The first kappa shape index (κ1) is 19.2. The van der Waals surface area contributed by atoms with Gasteiger partial charge in [0.2, 0.25) is 5.89 Å². The Morgan fingerprint density at radius 3 is 3.00 bits per heavy atom. The van der Waals surface area contributed by atoms with Crippen LogP contribution in [0.1, 0.15) is 29.0 Å². The number of nitrogen functional groups attached to an aromatic ring is 1. The third-order valence-electron chi connectivity index (χ3n) is 5.41. The highest BCUT2D eigenvalue weighted by Crippen LogP contribution is 2.30. The Hall–Kier alpha value is -3.79. The van der Waals surface area contributed by atoms with Crippen LogP contribution in [-0.2, 0) is 0 Å². The third kappa shape index (κ3) is 3.61. The summed E-state index contributed by atoms with van der Waals surface area (Å²) >= 11 is 0. The Morgan fingerprint density at radius 1 is 1.32 bits per heavy atom. The summed E-state index contributed by atoms with van der Waals surface area (Å²) in [6.45, 7) is 3.44. The molecule has 1 atom stereocenters. The topological polar surface area (TPSA) is 136 Å². The summed E-state index contributed by atoms with van der Waals surface area (Å²) in [7, 11) is 0. The molecule has 0 aliphatic carbocycles. The number of hydrogen-bond acceptors (Lipinski definition) is 8. The number of aryl methyl sites for hydroxylation is 1. The summed E-state index contributed by atoms with van der Waals surface area (Å²) in [5.41, 5.74) is 9.54. The average Bonchev–Trinajstić information content (AvgIpc) is 3.55. The van der Waals surface area contributed by atoms with E-state index in [1.54, 1.807) is 6.20 Å². The number of carbonyl (C=O) groups is 1. The second-order valence-corrected chi connectivity index (χ2v) is 7.54. The molecular weight excluding hydrogens is 396 g/mol. The van der Waals surface area contributed by atoms with Crippen LogP contribution in [0.2, 0.25) is 0 Å². The van der Waals surface area contributed by atoms with Gasteiger partial charge in [-0.1, -0.05) is 0 Å². The molecule has 5 heterocycles. The smallest absolute Gasteiger partial charge is 0.273 e. The molecule has 10 nitrogen and oxygen atoms in total. The maximum Gasteiger partial charge on any atom is 0.273 e. The van der Waals surface area contributed by atoms with Crippen LogP contribution in [0, 0.1) is 6.92 Å². The lowest BCUT2D eigenvalue weighted by Gasteiger charge is -2.14. The molecule has 1 saturated heterocycles. The minimum absolute atomic E-state index is 0.0220. The van der Waals surface area contributed by atoms with Crippen molar-refractivity contribution in [2.75, 3.05) is 18.8 Å². The van der Waals surface area contributed by atoms with Gasteiger partial charge in [-0.3, -0.25) is 4.79 Å². The van der Waals surface area contributed by atoms with Crippen LogP contribution in [0.3, 0.4) is 0 Å². The second kappa shape index (κ2) is 7.80. The fraction of sp³-hybridized carbons (Fsp3) is 0.286. The van der Waals surface area contributed by atoms with Gasteiger partial charge in [0.1, 0.15) is 17.6 Å². The van der Waals surface area contributed by atoms with Gasteiger partial charge in [-0.05, 0) is 38.4 Å². The molecule has 1 fully saturated rings. The first-order chi connectivity index (χ1) is 15.1. The minimum atomic E-state index is -0.362. The van der Waals surface area contributed by atoms with Crippen molar-refractivity contribution in [1.29, 1.82) is 0 Å². The van der Waals surface area contributed by atoms with E-state index in [4.69, 9.17) is 10.2 Å². The predicted molar refractivity (Wildman–Crippen MR) is 114 cm³/mol. The Labute approximate surface area is 177 Å². The van der Waals surface area contributed by atoms with E-state index in [9.17, 15) is 4.79 Å². The second-order valence-electron chi connectivity index (χ2n) is 7.54. The molecule has 0 bridgehead atoms. The molecule has 0 saturated carbocycles. The van der Waals surface area contributed by atoms with Gasteiger partial charge in [-0.25, -0.2) is 19.9 Å². The van der Waals surface area contributed by atoms with Crippen molar-refractivity contribution < 1.29 is 9.21 Å². The lowest BCUT2D eigenvalue weighted by molar-refractivity contribution is 0.0946. The molecule has 0 aromatic carbocycles. The highest BCUT2D eigenvalue weighted by atomic mass is 16.3. The van der Waals surface area contributed by atoms with Crippen molar-refractivity contribution in [1.82, 2.24) is 35.0 Å². The molecule has 4 aromatic heterocycles. The van der Waals surface area contributed by atoms with Crippen LogP contribution in [0.15, 0.2) is 41.4 Å². The van der Waals surface area contributed by atoms with Crippen LogP contribution < -0.4 is 16.4 Å². The molecule has 10 heteroatoms. The van der Waals surface area contributed by atoms with E-state index in [0.717, 1.165) is 36.3 Å². The predicted octanol–water partition coefficient (Wildman–Crippen LogP) is 1.82. The monoisotopic (exact) mass is 418 g/mol. The number of aromatic nitrogens is 5. The number of imidazole rings is 1. The van der Waals surface area contributed by atoms with Gasteiger partial charge in [-0.2, -0.15) is 0 Å². The average molecular weight is 418 g/mol. The Kier molecular flexibility index (Phi) is 4.83. The first-order valence-corrected chi connectivity index (χ1v) is 10.1. The SMILES string of the molecule is Cc1cnc2ccc(-c3nc(C(=O)NCC4CCCN4)c(N)nc3-c3ncco3)cn12. The number of fused-ring (bicyclic) bond motifs is 1. The number of hydrogen-bond donors (Lipinski definition) is 3. The maximum atomic E-state index is 12.9. The Bertz CT molecular complexity index is 1240. The lowest BCUT2D eigenvalue weighted by atomic mass is 10.1. The number of amides is 1. The van der Waals surface area contributed by atoms with Gasteiger partial charge in [0.05, 0.1) is 6.20 Å². The van der Waals surface area contributed by atoms with E-state index in [2.05, 4.69) is 30.6 Å². The number of pyridine rings is 1. The summed E-state index contributed by atoms with van der Waals surface area (Å²) < 4.78 is 7.39. The van der Waals surface area contributed by atoms with E-state index >= 15 is 0 Å². The highest BCUT2D eigenvalue weighted by Gasteiger charge is 2.23. The van der Waals surface area contributed by atoms with Crippen LogP contribution in [0.5, 0.6) is 0 Å². The molecule has 1 aliphatic rings. The number of nitrogens with two attached hydrogens (primary N) is 1. The van der Waals surface area contributed by atoms with Crippen molar-refractivity contribution in [3.63, 3.8) is 0 Å². The summed E-state index contributed by atoms with van der Waals surface area (Å²) in [6.07, 6.45) is 8.80. The summed E-state index contributed by atoms with van der Waals surface area (Å²) in [4.78, 5) is 30.5. The summed E-state index contributed by atoms with van der Waals surface area (Å²) in [5, 5.41) is 6.26. The van der Waals surface area contributed by atoms with Crippen LogP contribution in [0.4, 0.5) is 5.82 Å². The van der Waals surface area contributed by atoms with Crippen molar-refractivity contribution in [2.45, 2.75) is 25.8 Å². The van der Waals surface area contributed by atoms with E-state index in [-0.39, 0.29) is 29.4 Å². The van der Waals surface area contributed by atoms with Crippen molar-refractivity contribution in [3.05, 3.63) is 48.4 Å². The largest absolute Gasteiger partial charge is 0.443 e. The Morgan fingerprint density at radius 2 is 2.23 bits per heavy atom. The summed E-state index contributed by atoms with van der Waals surface area (Å²) in [5.74, 6) is -0.0636. The van der Waals surface area contributed by atoms with Gasteiger partial charge < -0.3 is 25.2 Å². The number of anilines is 1. The fourth-order valence-electron chi connectivity index (χ4n) is 3.78. The maximum absolute atomic E-state index is 12.9. The molecule has 31 heavy (non-hydrogen) atoms. The van der Waals surface area contributed by atoms with Crippen molar-refractivity contribution >= 4 is 17.4 Å². The molecule has 4 aromatic rings. The van der Waals surface area contributed by atoms with Crippen LogP contribution in [-0.4, -0.2) is 49.4 Å². The van der Waals surface area contributed by atoms with E-state index in [1.807, 2.05) is 29.7 Å². The number of oxazole rings is 1. The zero-order valence-electron chi connectivity index (χ0n) is 17.0. The molecule has 5 rings (SSSR count). The van der Waals surface area contributed by atoms with Crippen molar-refractivity contribution in [2.24, 2.45) is 0 Å². The highest BCUT2D eigenvalue weighted by molar-refractivity contribution is 5.97. The van der Waals surface area contributed by atoms with Gasteiger partial charge >= 0.3 is 0 Å². The summed E-state index contributed by atoms with van der Waals surface area (Å²) in [6, 6.07) is 4.01. The zero-order valence-corrected chi connectivity index (χ0v) is 17.0. The number of rotatable bonds is 5. The van der Waals surface area contributed by atoms with Gasteiger partial charge in [0.15, 0.2) is 17.2 Å². The molecule has 1 amide bonds.